The highest BCUT2D eigenvalue weighted by Crippen LogP contribution is 2.44. The summed E-state index contributed by atoms with van der Waals surface area (Å²) in [5.41, 5.74) is 0. The van der Waals surface area contributed by atoms with Gasteiger partial charge in [0.1, 0.15) is 0 Å². The molecule has 0 amide bonds. The van der Waals surface area contributed by atoms with Crippen LogP contribution in [-0.4, -0.2) is 12.6 Å². The molecule has 0 aromatic carbocycles. The highest BCUT2D eigenvalue weighted by molar-refractivity contribution is 4.87. The monoisotopic (exact) mass is 251 g/mol. The van der Waals surface area contributed by atoms with Gasteiger partial charge in [-0.15, -0.1) is 0 Å². The fraction of sp³-hybridized carbons (Fsp3) is 1.00. The van der Waals surface area contributed by atoms with Gasteiger partial charge in [-0.05, 0) is 43.1 Å². The summed E-state index contributed by atoms with van der Waals surface area (Å²) < 4.78 is 0. The van der Waals surface area contributed by atoms with E-state index in [0.29, 0.717) is 6.04 Å². The molecule has 2 rings (SSSR count). The predicted molar refractivity (Wildman–Crippen MR) is 79.7 cm³/mol. The Labute approximate surface area is 114 Å². The summed E-state index contributed by atoms with van der Waals surface area (Å²) in [6, 6.07) is 0.651. The van der Waals surface area contributed by atoms with E-state index in [9.17, 15) is 0 Å². The van der Waals surface area contributed by atoms with Gasteiger partial charge in [-0.1, -0.05) is 59.3 Å². The molecule has 1 nitrogen and oxygen atoms in total. The Balaban J connectivity index is 1.92. The molecule has 3 unspecified atom stereocenters. The van der Waals surface area contributed by atoms with Crippen molar-refractivity contribution >= 4 is 0 Å². The smallest absolute Gasteiger partial charge is 0.00104 e. The second kappa shape index (κ2) is 6.93. The summed E-state index contributed by atoms with van der Waals surface area (Å²) in [4.78, 5) is 0. The molecule has 1 heteroatoms. The molecule has 2 aliphatic carbocycles. The molecule has 2 aliphatic rings. The molecule has 18 heavy (non-hydrogen) atoms. The largest absolute Gasteiger partial charge is 0.314 e. The standard InChI is InChI=1S/C17H33N/c1-4-14-9-10-16(12-18-13(2)3)17(11-14)15-7-5-6-8-15/h13-18H,4-12H2,1-3H3. The van der Waals surface area contributed by atoms with Crippen LogP contribution < -0.4 is 5.32 Å². The third-order valence-electron chi connectivity index (χ3n) is 5.53. The summed E-state index contributed by atoms with van der Waals surface area (Å²) in [6.07, 6.45) is 12.0. The number of nitrogens with one attached hydrogen (secondary N) is 1. The second-order valence-electron chi connectivity index (χ2n) is 7.12. The van der Waals surface area contributed by atoms with E-state index in [2.05, 4.69) is 26.1 Å². The Bertz CT molecular complexity index is 230. The Kier molecular flexibility index (Phi) is 5.54. The van der Waals surface area contributed by atoms with Gasteiger partial charge in [-0.3, -0.25) is 0 Å². The Hall–Kier alpha value is -0.0400. The third-order valence-corrected chi connectivity index (χ3v) is 5.53. The first kappa shape index (κ1) is 14.4. The van der Waals surface area contributed by atoms with Crippen LogP contribution >= 0.6 is 0 Å². The van der Waals surface area contributed by atoms with E-state index in [-0.39, 0.29) is 0 Å². The van der Waals surface area contributed by atoms with E-state index in [0.717, 1.165) is 23.7 Å². The number of hydrogen-bond acceptors (Lipinski definition) is 1. The minimum Gasteiger partial charge on any atom is -0.314 e. The fourth-order valence-electron chi connectivity index (χ4n) is 4.33. The van der Waals surface area contributed by atoms with Gasteiger partial charge < -0.3 is 5.32 Å². The lowest BCUT2D eigenvalue weighted by molar-refractivity contribution is 0.116. The van der Waals surface area contributed by atoms with Crippen molar-refractivity contribution in [3.63, 3.8) is 0 Å². The molecule has 2 fully saturated rings. The Morgan fingerprint density at radius 1 is 1.06 bits per heavy atom. The normalized spacial score (nSPS) is 34.3. The molecule has 3 atom stereocenters. The van der Waals surface area contributed by atoms with Crippen molar-refractivity contribution in [1.82, 2.24) is 5.32 Å². The maximum Gasteiger partial charge on any atom is 0.00104 e. The van der Waals surface area contributed by atoms with Crippen LogP contribution in [0.4, 0.5) is 0 Å². The van der Waals surface area contributed by atoms with Gasteiger partial charge in [0.05, 0.1) is 0 Å². The topological polar surface area (TPSA) is 12.0 Å². The Morgan fingerprint density at radius 3 is 2.39 bits per heavy atom. The molecule has 0 saturated heterocycles. The molecule has 0 spiro atoms. The van der Waals surface area contributed by atoms with Gasteiger partial charge in [0.2, 0.25) is 0 Å². The molecular weight excluding hydrogens is 218 g/mol. The first-order valence-electron chi connectivity index (χ1n) is 8.44. The fourth-order valence-corrected chi connectivity index (χ4v) is 4.33. The maximum absolute atomic E-state index is 3.70. The molecule has 1 N–H and O–H groups in total. The quantitative estimate of drug-likeness (QED) is 0.752. The van der Waals surface area contributed by atoms with Crippen LogP contribution in [0.15, 0.2) is 0 Å². The molecule has 0 radical (unpaired) electrons. The van der Waals surface area contributed by atoms with E-state index < -0.39 is 0 Å². The van der Waals surface area contributed by atoms with Crippen LogP contribution in [0, 0.1) is 23.7 Å². The summed E-state index contributed by atoms with van der Waals surface area (Å²) >= 11 is 0. The van der Waals surface area contributed by atoms with Gasteiger partial charge in [-0.2, -0.15) is 0 Å². The van der Waals surface area contributed by atoms with Crippen molar-refractivity contribution in [1.29, 1.82) is 0 Å². The van der Waals surface area contributed by atoms with E-state index in [1.165, 1.54) is 57.9 Å². The highest BCUT2D eigenvalue weighted by atomic mass is 14.9. The zero-order valence-corrected chi connectivity index (χ0v) is 12.8. The Morgan fingerprint density at radius 2 is 1.78 bits per heavy atom. The van der Waals surface area contributed by atoms with Crippen molar-refractivity contribution in [3.8, 4) is 0 Å². The summed E-state index contributed by atoms with van der Waals surface area (Å²) in [7, 11) is 0. The van der Waals surface area contributed by atoms with Gasteiger partial charge in [0.15, 0.2) is 0 Å². The minimum atomic E-state index is 0.651. The van der Waals surface area contributed by atoms with Crippen LogP contribution in [0.25, 0.3) is 0 Å². The predicted octanol–water partition coefficient (Wildman–Crippen LogP) is 4.62. The second-order valence-corrected chi connectivity index (χ2v) is 7.12. The lowest BCUT2D eigenvalue weighted by atomic mass is 9.67. The van der Waals surface area contributed by atoms with Crippen LogP contribution in [0.1, 0.15) is 72.1 Å². The van der Waals surface area contributed by atoms with E-state index in [4.69, 9.17) is 0 Å². The van der Waals surface area contributed by atoms with Gasteiger partial charge in [0, 0.05) is 6.04 Å². The van der Waals surface area contributed by atoms with Crippen LogP contribution in [0.2, 0.25) is 0 Å². The number of rotatable bonds is 5. The van der Waals surface area contributed by atoms with E-state index in [1.54, 1.807) is 0 Å². The summed E-state index contributed by atoms with van der Waals surface area (Å²) in [5, 5.41) is 3.70. The molecule has 106 valence electrons. The summed E-state index contributed by atoms with van der Waals surface area (Å²) in [6.45, 7) is 8.23. The molecule has 0 aromatic heterocycles. The maximum atomic E-state index is 3.70. The van der Waals surface area contributed by atoms with Gasteiger partial charge in [0.25, 0.3) is 0 Å². The third kappa shape index (κ3) is 3.73. The first-order valence-corrected chi connectivity index (χ1v) is 8.44. The summed E-state index contributed by atoms with van der Waals surface area (Å²) in [5.74, 6) is 4.11. The zero-order valence-electron chi connectivity index (χ0n) is 12.8. The molecule has 0 bridgehead atoms. The first-order chi connectivity index (χ1) is 8.70. The van der Waals surface area contributed by atoms with Crippen molar-refractivity contribution in [2.45, 2.75) is 78.2 Å². The van der Waals surface area contributed by atoms with Crippen LogP contribution in [-0.2, 0) is 0 Å². The van der Waals surface area contributed by atoms with E-state index in [1.807, 2.05) is 0 Å². The van der Waals surface area contributed by atoms with Crippen LogP contribution in [0.3, 0.4) is 0 Å². The van der Waals surface area contributed by atoms with Crippen molar-refractivity contribution in [3.05, 3.63) is 0 Å². The SMILES string of the molecule is CCC1CCC(CNC(C)C)C(C2CCCC2)C1. The molecule has 2 saturated carbocycles. The average molecular weight is 251 g/mol. The number of hydrogen-bond donors (Lipinski definition) is 1. The highest BCUT2D eigenvalue weighted by Gasteiger charge is 2.35. The lowest BCUT2D eigenvalue weighted by Gasteiger charge is -2.40. The lowest BCUT2D eigenvalue weighted by Crippen LogP contribution is -2.38. The van der Waals surface area contributed by atoms with Crippen LogP contribution in [0.5, 0.6) is 0 Å². The molecule has 0 aromatic rings. The van der Waals surface area contributed by atoms with Crippen molar-refractivity contribution in [2.75, 3.05) is 6.54 Å². The minimum absolute atomic E-state index is 0.651. The molecule has 0 aliphatic heterocycles. The van der Waals surface area contributed by atoms with Crippen molar-refractivity contribution in [2.24, 2.45) is 23.7 Å². The average Bonchev–Trinajstić information content (AvgIpc) is 2.89. The van der Waals surface area contributed by atoms with Gasteiger partial charge in [-0.25, -0.2) is 0 Å². The van der Waals surface area contributed by atoms with Gasteiger partial charge >= 0.3 is 0 Å². The van der Waals surface area contributed by atoms with E-state index >= 15 is 0 Å². The molecule has 0 heterocycles. The van der Waals surface area contributed by atoms with Crippen molar-refractivity contribution < 1.29 is 0 Å². The molecular formula is C17H33N. The zero-order chi connectivity index (χ0) is 13.0.